The summed E-state index contributed by atoms with van der Waals surface area (Å²) in [6, 6.07) is 0.368. The van der Waals surface area contributed by atoms with Crippen molar-refractivity contribution >= 4 is 0 Å². The molecule has 1 atom stereocenters. The molecule has 4 nitrogen and oxygen atoms in total. The van der Waals surface area contributed by atoms with E-state index in [1.54, 1.807) is 14.2 Å². The van der Waals surface area contributed by atoms with Crippen LogP contribution in [0, 0.1) is 0 Å². The first-order valence-corrected chi connectivity index (χ1v) is 5.53. The predicted molar refractivity (Wildman–Crippen MR) is 63.0 cm³/mol. The molecule has 0 aliphatic heterocycles. The second-order valence-corrected chi connectivity index (χ2v) is 4.43. The third kappa shape index (κ3) is 7.73. The van der Waals surface area contributed by atoms with Crippen molar-refractivity contribution in [3.8, 4) is 0 Å². The van der Waals surface area contributed by atoms with Crippen LogP contribution in [0.1, 0.15) is 26.7 Å². The van der Waals surface area contributed by atoms with Gasteiger partial charge in [-0.2, -0.15) is 0 Å². The Morgan fingerprint density at radius 1 is 1.33 bits per heavy atom. The molecule has 0 aromatic heterocycles. The Hall–Kier alpha value is -0.160. The molecule has 0 saturated heterocycles. The van der Waals surface area contributed by atoms with Crippen molar-refractivity contribution in [2.45, 2.75) is 38.3 Å². The number of hydrogen-bond acceptors (Lipinski definition) is 4. The van der Waals surface area contributed by atoms with Gasteiger partial charge in [0.1, 0.15) is 0 Å². The van der Waals surface area contributed by atoms with E-state index in [0.717, 1.165) is 32.5 Å². The average molecular weight is 218 g/mol. The second-order valence-electron chi connectivity index (χ2n) is 4.43. The van der Waals surface area contributed by atoms with Gasteiger partial charge in [0, 0.05) is 26.8 Å². The van der Waals surface area contributed by atoms with Gasteiger partial charge in [-0.1, -0.05) is 0 Å². The zero-order valence-corrected chi connectivity index (χ0v) is 10.5. The zero-order valence-electron chi connectivity index (χ0n) is 10.5. The zero-order chi connectivity index (χ0) is 11.7. The van der Waals surface area contributed by atoms with Crippen molar-refractivity contribution in [2.24, 2.45) is 5.73 Å². The second kappa shape index (κ2) is 8.05. The van der Waals surface area contributed by atoms with Gasteiger partial charge in [0.05, 0.1) is 12.2 Å². The van der Waals surface area contributed by atoms with Gasteiger partial charge < -0.3 is 20.5 Å². The molecule has 0 fully saturated rings. The third-order valence-corrected chi connectivity index (χ3v) is 2.49. The summed E-state index contributed by atoms with van der Waals surface area (Å²) in [6.07, 6.45) is 2.07. The smallest absolute Gasteiger partial charge is 0.0746 e. The van der Waals surface area contributed by atoms with Crippen LogP contribution >= 0.6 is 0 Å². The SMILES string of the molecule is COCC(CCCN)NCC(C)(C)OC. The molecule has 0 amide bonds. The van der Waals surface area contributed by atoms with Crippen molar-refractivity contribution in [1.82, 2.24) is 5.32 Å². The van der Waals surface area contributed by atoms with E-state index >= 15 is 0 Å². The van der Waals surface area contributed by atoms with Crippen LogP contribution in [-0.4, -0.2) is 45.6 Å². The molecule has 0 bridgehead atoms. The van der Waals surface area contributed by atoms with Gasteiger partial charge in [-0.25, -0.2) is 0 Å². The van der Waals surface area contributed by atoms with E-state index in [0.29, 0.717) is 6.04 Å². The number of nitrogens with two attached hydrogens (primary N) is 1. The highest BCUT2D eigenvalue weighted by Crippen LogP contribution is 2.06. The summed E-state index contributed by atoms with van der Waals surface area (Å²) in [5, 5.41) is 3.44. The fraction of sp³-hybridized carbons (Fsp3) is 1.00. The fourth-order valence-electron chi connectivity index (χ4n) is 1.27. The number of ether oxygens (including phenoxy) is 2. The molecular formula is C11H26N2O2. The van der Waals surface area contributed by atoms with Gasteiger partial charge in [-0.15, -0.1) is 0 Å². The van der Waals surface area contributed by atoms with Crippen molar-refractivity contribution < 1.29 is 9.47 Å². The van der Waals surface area contributed by atoms with Crippen LogP contribution in [0.3, 0.4) is 0 Å². The van der Waals surface area contributed by atoms with Crippen LogP contribution in [0.4, 0.5) is 0 Å². The van der Waals surface area contributed by atoms with E-state index in [1.165, 1.54) is 0 Å². The summed E-state index contributed by atoms with van der Waals surface area (Å²) in [7, 11) is 3.45. The minimum atomic E-state index is -0.130. The monoisotopic (exact) mass is 218 g/mol. The number of methoxy groups -OCH3 is 2. The average Bonchev–Trinajstić information content (AvgIpc) is 2.22. The predicted octanol–water partition coefficient (Wildman–Crippen LogP) is 0.755. The Bertz CT molecular complexity index is 152. The molecule has 0 aromatic carbocycles. The minimum absolute atomic E-state index is 0.130. The fourth-order valence-corrected chi connectivity index (χ4v) is 1.27. The van der Waals surface area contributed by atoms with Gasteiger partial charge >= 0.3 is 0 Å². The van der Waals surface area contributed by atoms with Crippen molar-refractivity contribution in [3.63, 3.8) is 0 Å². The molecule has 15 heavy (non-hydrogen) atoms. The highest BCUT2D eigenvalue weighted by molar-refractivity contribution is 4.75. The van der Waals surface area contributed by atoms with Crippen molar-refractivity contribution in [3.05, 3.63) is 0 Å². The number of rotatable bonds is 9. The number of nitrogens with one attached hydrogen (secondary N) is 1. The van der Waals surface area contributed by atoms with Crippen LogP contribution in [0.25, 0.3) is 0 Å². The molecule has 0 aliphatic rings. The lowest BCUT2D eigenvalue weighted by atomic mass is 10.1. The molecule has 0 spiro atoms. The highest BCUT2D eigenvalue weighted by atomic mass is 16.5. The van der Waals surface area contributed by atoms with Gasteiger partial charge in [0.2, 0.25) is 0 Å². The van der Waals surface area contributed by atoms with E-state index < -0.39 is 0 Å². The lowest BCUT2D eigenvalue weighted by molar-refractivity contribution is 0.0179. The number of hydrogen-bond donors (Lipinski definition) is 2. The van der Waals surface area contributed by atoms with Gasteiger partial charge in [0.25, 0.3) is 0 Å². The molecule has 4 heteroatoms. The van der Waals surface area contributed by atoms with Crippen LogP contribution in [-0.2, 0) is 9.47 Å². The Balaban J connectivity index is 3.83. The van der Waals surface area contributed by atoms with E-state index in [2.05, 4.69) is 19.2 Å². The van der Waals surface area contributed by atoms with Crippen molar-refractivity contribution in [1.29, 1.82) is 0 Å². The Kier molecular flexibility index (Phi) is 7.96. The maximum atomic E-state index is 5.49. The molecule has 0 aromatic rings. The minimum Gasteiger partial charge on any atom is -0.383 e. The molecular weight excluding hydrogens is 192 g/mol. The third-order valence-electron chi connectivity index (χ3n) is 2.49. The first kappa shape index (κ1) is 14.8. The molecule has 0 rings (SSSR count). The molecule has 92 valence electrons. The summed E-state index contributed by atoms with van der Waals surface area (Å²) >= 11 is 0. The van der Waals surface area contributed by atoms with E-state index in [9.17, 15) is 0 Å². The first-order valence-electron chi connectivity index (χ1n) is 5.53. The van der Waals surface area contributed by atoms with Crippen LogP contribution in [0.5, 0.6) is 0 Å². The van der Waals surface area contributed by atoms with E-state index in [1.807, 2.05) is 0 Å². The largest absolute Gasteiger partial charge is 0.383 e. The summed E-state index contributed by atoms with van der Waals surface area (Å²) in [5.74, 6) is 0. The molecule has 3 N–H and O–H groups in total. The quantitative estimate of drug-likeness (QED) is 0.600. The Morgan fingerprint density at radius 3 is 2.47 bits per heavy atom. The normalized spacial score (nSPS) is 14.2. The Labute approximate surface area is 93.5 Å². The molecule has 0 saturated carbocycles. The van der Waals surface area contributed by atoms with Crippen LogP contribution in [0.2, 0.25) is 0 Å². The summed E-state index contributed by atoms with van der Waals surface area (Å²) in [6.45, 7) is 6.40. The van der Waals surface area contributed by atoms with E-state index in [4.69, 9.17) is 15.2 Å². The standard InChI is InChI=1S/C11H26N2O2/c1-11(2,15-4)9-13-10(8-14-3)6-5-7-12/h10,13H,5-9,12H2,1-4H3. The van der Waals surface area contributed by atoms with Gasteiger partial charge in [-0.3, -0.25) is 0 Å². The topological polar surface area (TPSA) is 56.5 Å². The Morgan fingerprint density at radius 2 is 2.00 bits per heavy atom. The van der Waals surface area contributed by atoms with E-state index in [-0.39, 0.29) is 5.60 Å². The lowest BCUT2D eigenvalue weighted by Crippen LogP contribution is -2.43. The highest BCUT2D eigenvalue weighted by Gasteiger charge is 2.18. The maximum Gasteiger partial charge on any atom is 0.0746 e. The van der Waals surface area contributed by atoms with Gasteiger partial charge in [0.15, 0.2) is 0 Å². The van der Waals surface area contributed by atoms with Crippen LogP contribution < -0.4 is 11.1 Å². The molecule has 0 radical (unpaired) electrons. The lowest BCUT2D eigenvalue weighted by Gasteiger charge is -2.27. The summed E-state index contributed by atoms with van der Waals surface area (Å²) in [4.78, 5) is 0. The van der Waals surface area contributed by atoms with Crippen LogP contribution in [0.15, 0.2) is 0 Å². The molecule has 0 aliphatic carbocycles. The molecule has 0 heterocycles. The van der Waals surface area contributed by atoms with Crippen molar-refractivity contribution in [2.75, 3.05) is 33.9 Å². The van der Waals surface area contributed by atoms with Gasteiger partial charge in [-0.05, 0) is 33.2 Å². The summed E-state index contributed by atoms with van der Waals surface area (Å²) in [5.41, 5.74) is 5.36. The molecule has 1 unspecified atom stereocenters. The maximum absolute atomic E-state index is 5.49. The summed E-state index contributed by atoms with van der Waals surface area (Å²) < 4.78 is 10.5. The first-order chi connectivity index (χ1) is 7.05.